The smallest absolute Gasteiger partial charge is 0.265 e. The summed E-state index contributed by atoms with van der Waals surface area (Å²) in [7, 11) is 1.64. The van der Waals surface area contributed by atoms with Gasteiger partial charge in [0, 0.05) is 15.6 Å². The maximum absolute atomic E-state index is 12.3. The Morgan fingerprint density at radius 2 is 1.70 bits per heavy atom. The highest BCUT2D eigenvalue weighted by Crippen LogP contribution is 2.30. The lowest BCUT2D eigenvalue weighted by molar-refractivity contribution is 0.103. The van der Waals surface area contributed by atoms with Crippen LogP contribution in [0, 0.1) is 0 Å². The zero-order valence-electron chi connectivity index (χ0n) is 12.4. The summed E-state index contributed by atoms with van der Waals surface area (Å²) < 4.78 is 5.15. The van der Waals surface area contributed by atoms with Gasteiger partial charge in [0.2, 0.25) is 0 Å². The fraction of sp³-hybridized carbons (Fsp3) is 0.0556. The highest BCUT2D eigenvalue weighted by atomic mass is 35.5. The minimum Gasteiger partial charge on any atom is -0.497 e. The molecule has 1 aromatic heterocycles. The fourth-order valence-corrected chi connectivity index (χ4v) is 3.13. The van der Waals surface area contributed by atoms with E-state index in [1.807, 2.05) is 36.4 Å². The van der Waals surface area contributed by atoms with E-state index in [4.69, 9.17) is 16.3 Å². The molecule has 3 nitrogen and oxygen atoms in total. The second-order valence-electron chi connectivity index (χ2n) is 4.85. The third-order valence-electron chi connectivity index (χ3n) is 3.31. The minimum atomic E-state index is -0.128. The minimum absolute atomic E-state index is 0.128. The van der Waals surface area contributed by atoms with Crippen molar-refractivity contribution in [3.8, 4) is 16.2 Å². The van der Waals surface area contributed by atoms with E-state index in [0.29, 0.717) is 9.90 Å². The third-order valence-corrected chi connectivity index (χ3v) is 4.69. The number of nitrogens with one attached hydrogen (secondary N) is 1. The van der Waals surface area contributed by atoms with Crippen LogP contribution in [0.4, 0.5) is 5.69 Å². The van der Waals surface area contributed by atoms with E-state index in [1.54, 1.807) is 31.4 Å². The molecule has 1 heterocycles. The average Bonchev–Trinajstić information content (AvgIpc) is 3.07. The number of benzene rings is 2. The van der Waals surface area contributed by atoms with Gasteiger partial charge < -0.3 is 10.1 Å². The number of rotatable bonds is 4. The summed E-state index contributed by atoms with van der Waals surface area (Å²) in [5, 5.41) is 3.50. The van der Waals surface area contributed by atoms with Crippen LogP contribution in [0.2, 0.25) is 5.02 Å². The van der Waals surface area contributed by atoms with Crippen molar-refractivity contribution >= 4 is 34.5 Å². The second-order valence-corrected chi connectivity index (χ2v) is 6.37. The van der Waals surface area contributed by atoms with Gasteiger partial charge in [-0.05, 0) is 66.2 Å². The van der Waals surface area contributed by atoms with Crippen molar-refractivity contribution in [2.75, 3.05) is 12.4 Å². The Hall–Kier alpha value is -2.30. The molecule has 1 N–H and O–H groups in total. The number of carbonyl (C=O) groups excluding carboxylic acids is 1. The van der Waals surface area contributed by atoms with Crippen molar-refractivity contribution in [2.45, 2.75) is 0 Å². The van der Waals surface area contributed by atoms with E-state index in [2.05, 4.69) is 5.32 Å². The third kappa shape index (κ3) is 3.73. The number of hydrogen-bond acceptors (Lipinski definition) is 3. The number of anilines is 1. The van der Waals surface area contributed by atoms with Crippen LogP contribution in [-0.2, 0) is 0 Å². The molecule has 0 aliphatic carbocycles. The van der Waals surface area contributed by atoms with Gasteiger partial charge in [0.25, 0.3) is 5.91 Å². The van der Waals surface area contributed by atoms with Gasteiger partial charge >= 0.3 is 0 Å². The first-order chi connectivity index (χ1) is 11.2. The Morgan fingerprint density at radius 1 is 1.00 bits per heavy atom. The largest absolute Gasteiger partial charge is 0.497 e. The summed E-state index contributed by atoms with van der Waals surface area (Å²) in [4.78, 5) is 14.0. The molecule has 1 amide bonds. The van der Waals surface area contributed by atoms with Crippen LogP contribution in [0.15, 0.2) is 60.7 Å². The lowest BCUT2D eigenvalue weighted by atomic mass is 10.2. The number of ether oxygens (including phenoxy) is 1. The van der Waals surface area contributed by atoms with Gasteiger partial charge in [-0.15, -0.1) is 11.3 Å². The van der Waals surface area contributed by atoms with Crippen LogP contribution in [0.3, 0.4) is 0 Å². The molecular weight excluding hydrogens is 330 g/mol. The SMILES string of the molecule is COc1ccc(-c2ccc(C(=O)Nc3ccc(Cl)cc3)s2)cc1. The monoisotopic (exact) mass is 343 g/mol. The molecule has 3 aromatic rings. The van der Waals surface area contributed by atoms with Crippen LogP contribution >= 0.6 is 22.9 Å². The Labute approximate surface area is 143 Å². The molecule has 0 fully saturated rings. The molecule has 2 aromatic carbocycles. The first-order valence-electron chi connectivity index (χ1n) is 6.97. The molecule has 3 rings (SSSR count). The number of amides is 1. The lowest BCUT2D eigenvalue weighted by Gasteiger charge is -2.03. The van der Waals surface area contributed by atoms with E-state index in [0.717, 1.165) is 21.9 Å². The Morgan fingerprint density at radius 3 is 2.35 bits per heavy atom. The Kier molecular flexibility index (Phi) is 4.65. The Bertz CT molecular complexity index is 810. The summed E-state index contributed by atoms with van der Waals surface area (Å²) in [6.45, 7) is 0. The highest BCUT2D eigenvalue weighted by molar-refractivity contribution is 7.17. The van der Waals surface area contributed by atoms with E-state index >= 15 is 0 Å². The van der Waals surface area contributed by atoms with Crippen LogP contribution in [0.25, 0.3) is 10.4 Å². The highest BCUT2D eigenvalue weighted by Gasteiger charge is 2.10. The molecule has 0 saturated carbocycles. The standard InChI is InChI=1S/C18H14ClNO2S/c1-22-15-8-2-12(3-9-15)16-10-11-17(23-16)18(21)20-14-6-4-13(19)5-7-14/h2-11H,1H3,(H,20,21). The molecule has 5 heteroatoms. The van der Waals surface area contributed by atoms with Crippen molar-refractivity contribution in [2.24, 2.45) is 0 Å². The van der Waals surface area contributed by atoms with Crippen molar-refractivity contribution in [3.63, 3.8) is 0 Å². The van der Waals surface area contributed by atoms with E-state index < -0.39 is 0 Å². The number of carbonyl (C=O) groups is 1. The molecule has 0 unspecified atom stereocenters. The lowest BCUT2D eigenvalue weighted by Crippen LogP contribution is -2.09. The molecule has 116 valence electrons. The van der Waals surface area contributed by atoms with E-state index in [-0.39, 0.29) is 5.91 Å². The van der Waals surface area contributed by atoms with Gasteiger partial charge in [-0.1, -0.05) is 11.6 Å². The molecule has 0 aliphatic heterocycles. The van der Waals surface area contributed by atoms with Crippen molar-refractivity contribution in [1.82, 2.24) is 0 Å². The first-order valence-corrected chi connectivity index (χ1v) is 8.16. The normalized spacial score (nSPS) is 10.3. The molecule has 23 heavy (non-hydrogen) atoms. The summed E-state index contributed by atoms with van der Waals surface area (Å²) >= 11 is 7.29. The zero-order chi connectivity index (χ0) is 16.2. The topological polar surface area (TPSA) is 38.3 Å². The maximum atomic E-state index is 12.3. The number of methoxy groups -OCH3 is 1. The van der Waals surface area contributed by atoms with Crippen molar-refractivity contribution < 1.29 is 9.53 Å². The maximum Gasteiger partial charge on any atom is 0.265 e. The quantitative estimate of drug-likeness (QED) is 0.695. The van der Waals surface area contributed by atoms with Gasteiger partial charge in [0.05, 0.1) is 12.0 Å². The van der Waals surface area contributed by atoms with Crippen LogP contribution in [0.5, 0.6) is 5.75 Å². The van der Waals surface area contributed by atoms with Crippen LogP contribution in [0.1, 0.15) is 9.67 Å². The predicted molar refractivity (Wildman–Crippen MR) is 95.7 cm³/mol. The summed E-state index contributed by atoms with van der Waals surface area (Å²) in [5.74, 6) is 0.683. The average molecular weight is 344 g/mol. The number of halogens is 1. The second kappa shape index (κ2) is 6.86. The molecule has 0 spiro atoms. The molecule has 0 radical (unpaired) electrons. The van der Waals surface area contributed by atoms with Crippen LogP contribution < -0.4 is 10.1 Å². The molecule has 0 aliphatic rings. The fourth-order valence-electron chi connectivity index (χ4n) is 2.10. The van der Waals surface area contributed by atoms with Gasteiger partial charge in [-0.3, -0.25) is 4.79 Å². The summed E-state index contributed by atoms with van der Waals surface area (Å²) in [5.41, 5.74) is 1.78. The van der Waals surface area contributed by atoms with Gasteiger partial charge in [-0.25, -0.2) is 0 Å². The molecular formula is C18H14ClNO2S. The molecule has 0 saturated heterocycles. The van der Waals surface area contributed by atoms with Crippen molar-refractivity contribution in [3.05, 3.63) is 70.6 Å². The van der Waals surface area contributed by atoms with E-state index in [1.165, 1.54) is 11.3 Å². The zero-order valence-corrected chi connectivity index (χ0v) is 13.9. The summed E-state index contributed by atoms with van der Waals surface area (Å²) in [6, 6.07) is 18.6. The number of hydrogen-bond donors (Lipinski definition) is 1. The number of thiophene rings is 1. The Balaban J connectivity index is 1.75. The van der Waals surface area contributed by atoms with Gasteiger partial charge in [0.1, 0.15) is 5.75 Å². The van der Waals surface area contributed by atoms with Gasteiger partial charge in [0.15, 0.2) is 0 Å². The molecule has 0 bridgehead atoms. The van der Waals surface area contributed by atoms with Crippen molar-refractivity contribution in [1.29, 1.82) is 0 Å². The predicted octanol–water partition coefficient (Wildman–Crippen LogP) is 5.33. The molecule has 0 atom stereocenters. The summed E-state index contributed by atoms with van der Waals surface area (Å²) in [6.07, 6.45) is 0. The van der Waals surface area contributed by atoms with Gasteiger partial charge in [-0.2, -0.15) is 0 Å². The van der Waals surface area contributed by atoms with Crippen LogP contribution in [-0.4, -0.2) is 13.0 Å². The first kappa shape index (κ1) is 15.6. The van der Waals surface area contributed by atoms with E-state index in [9.17, 15) is 4.79 Å².